The van der Waals surface area contributed by atoms with Crippen molar-refractivity contribution in [3.63, 3.8) is 0 Å². The van der Waals surface area contributed by atoms with Gasteiger partial charge in [-0.2, -0.15) is 0 Å². The Labute approximate surface area is 101 Å². The number of aromatic nitrogens is 1. The molecular weight excluding hydrogens is 228 g/mol. The van der Waals surface area contributed by atoms with Crippen LogP contribution in [0.2, 0.25) is 0 Å². The molecule has 0 saturated heterocycles. The van der Waals surface area contributed by atoms with Gasteiger partial charge in [0.15, 0.2) is 0 Å². The summed E-state index contributed by atoms with van der Waals surface area (Å²) in [5.74, 6) is 0.701. The molecule has 1 rings (SSSR count). The van der Waals surface area contributed by atoms with E-state index >= 15 is 0 Å². The Hall–Kier alpha value is -0.120. The van der Waals surface area contributed by atoms with Crippen molar-refractivity contribution >= 4 is 22.9 Å². The van der Waals surface area contributed by atoms with E-state index < -0.39 is 0 Å². The second-order valence-electron chi connectivity index (χ2n) is 3.68. The zero-order chi connectivity index (χ0) is 11.1. The van der Waals surface area contributed by atoms with Gasteiger partial charge in [-0.05, 0) is 19.9 Å². The van der Waals surface area contributed by atoms with Crippen LogP contribution < -0.4 is 0 Å². The molecule has 0 spiro atoms. The fourth-order valence-corrected chi connectivity index (χ4v) is 2.32. The third-order valence-corrected chi connectivity index (χ3v) is 3.27. The van der Waals surface area contributed by atoms with Gasteiger partial charge in [-0.1, -0.05) is 13.3 Å². The predicted octanol–water partition coefficient (Wildman–Crippen LogP) is 3.29. The van der Waals surface area contributed by atoms with Gasteiger partial charge in [0.1, 0.15) is 0 Å². The molecule has 0 unspecified atom stereocenters. The highest BCUT2D eigenvalue weighted by atomic mass is 35.5. The maximum atomic E-state index is 5.79. The molecule has 0 aliphatic heterocycles. The number of hydrogen-bond acceptors (Lipinski definition) is 3. The van der Waals surface area contributed by atoms with Crippen LogP contribution in [0.5, 0.6) is 0 Å². The van der Waals surface area contributed by atoms with Crippen molar-refractivity contribution in [1.82, 2.24) is 9.88 Å². The topological polar surface area (TPSA) is 16.1 Å². The molecular formula is C11H19ClN2S. The van der Waals surface area contributed by atoms with E-state index in [1.165, 1.54) is 18.5 Å². The molecule has 4 heteroatoms. The number of hydrogen-bond donors (Lipinski definition) is 0. The minimum atomic E-state index is 0.701. The maximum absolute atomic E-state index is 5.79. The van der Waals surface area contributed by atoms with Gasteiger partial charge < -0.3 is 0 Å². The monoisotopic (exact) mass is 246 g/mol. The van der Waals surface area contributed by atoms with Crippen molar-refractivity contribution < 1.29 is 0 Å². The van der Waals surface area contributed by atoms with Crippen molar-refractivity contribution in [2.24, 2.45) is 0 Å². The second-order valence-corrected chi connectivity index (χ2v) is 5.12. The third-order valence-electron chi connectivity index (χ3n) is 2.28. The van der Waals surface area contributed by atoms with Crippen LogP contribution in [-0.4, -0.2) is 28.9 Å². The van der Waals surface area contributed by atoms with E-state index in [4.69, 9.17) is 11.6 Å². The number of thiazole rings is 1. The van der Waals surface area contributed by atoms with Crippen LogP contribution in [0.1, 0.15) is 30.5 Å². The minimum absolute atomic E-state index is 0.701. The Morgan fingerprint density at radius 3 is 2.80 bits per heavy atom. The molecule has 1 aromatic heterocycles. The average Bonchev–Trinajstić information content (AvgIpc) is 2.61. The summed E-state index contributed by atoms with van der Waals surface area (Å²) >= 11 is 7.50. The lowest BCUT2D eigenvalue weighted by atomic mass is 10.3. The van der Waals surface area contributed by atoms with Crippen LogP contribution in [0, 0.1) is 6.92 Å². The molecule has 86 valence electrons. The van der Waals surface area contributed by atoms with Crippen LogP contribution in [0.3, 0.4) is 0 Å². The molecule has 0 bridgehead atoms. The number of alkyl halides is 1. The van der Waals surface area contributed by atoms with E-state index in [0.717, 1.165) is 24.6 Å². The highest BCUT2D eigenvalue weighted by Gasteiger charge is 2.06. The molecule has 0 aromatic carbocycles. The Bertz CT molecular complexity index is 275. The number of nitrogens with zero attached hydrogens (tertiary/aromatic N) is 2. The normalized spacial score (nSPS) is 11.2. The summed E-state index contributed by atoms with van der Waals surface area (Å²) in [5.41, 5.74) is 1.18. The molecule has 0 atom stereocenters. The van der Waals surface area contributed by atoms with E-state index in [-0.39, 0.29) is 0 Å². The largest absolute Gasteiger partial charge is 0.296 e. The Morgan fingerprint density at radius 1 is 1.47 bits per heavy atom. The maximum Gasteiger partial charge on any atom is 0.0897 e. The molecule has 0 aliphatic carbocycles. The standard InChI is InChI=1S/C11H19ClN2S/c1-3-4-6-14(7-5-12)8-11-9-15-10(2)13-11/h9H,3-8H2,1-2H3. The summed E-state index contributed by atoms with van der Waals surface area (Å²) in [5, 5.41) is 3.29. The van der Waals surface area contributed by atoms with Crippen LogP contribution in [-0.2, 0) is 6.54 Å². The van der Waals surface area contributed by atoms with Crippen LogP contribution in [0.15, 0.2) is 5.38 Å². The SMILES string of the molecule is CCCCN(CCCl)Cc1csc(C)n1. The van der Waals surface area contributed by atoms with Crippen LogP contribution in [0.25, 0.3) is 0 Å². The van der Waals surface area contributed by atoms with Gasteiger partial charge in [0.05, 0.1) is 10.7 Å². The molecule has 0 N–H and O–H groups in total. The number of unbranched alkanes of at least 4 members (excludes halogenated alkanes) is 1. The van der Waals surface area contributed by atoms with E-state index in [0.29, 0.717) is 5.88 Å². The molecule has 1 aromatic rings. The number of rotatable bonds is 7. The predicted molar refractivity (Wildman–Crippen MR) is 67.8 cm³/mol. The summed E-state index contributed by atoms with van der Waals surface area (Å²) < 4.78 is 0. The lowest BCUT2D eigenvalue weighted by molar-refractivity contribution is 0.274. The first-order valence-corrected chi connectivity index (χ1v) is 6.87. The first-order chi connectivity index (χ1) is 7.26. The molecule has 2 nitrogen and oxygen atoms in total. The minimum Gasteiger partial charge on any atom is -0.296 e. The van der Waals surface area contributed by atoms with Gasteiger partial charge in [-0.3, -0.25) is 4.90 Å². The van der Waals surface area contributed by atoms with Crippen molar-refractivity contribution in [2.45, 2.75) is 33.2 Å². The summed E-state index contributed by atoms with van der Waals surface area (Å²) in [4.78, 5) is 6.85. The Morgan fingerprint density at radius 2 is 2.27 bits per heavy atom. The molecule has 0 saturated carbocycles. The lowest BCUT2D eigenvalue weighted by Gasteiger charge is -2.19. The highest BCUT2D eigenvalue weighted by Crippen LogP contribution is 2.11. The third kappa shape index (κ3) is 4.96. The van der Waals surface area contributed by atoms with Crippen LogP contribution in [0.4, 0.5) is 0 Å². The number of aryl methyl sites for hydroxylation is 1. The molecule has 1 heterocycles. The smallest absolute Gasteiger partial charge is 0.0897 e. The van der Waals surface area contributed by atoms with E-state index in [1.807, 2.05) is 6.92 Å². The van der Waals surface area contributed by atoms with Gasteiger partial charge in [-0.15, -0.1) is 22.9 Å². The number of halogens is 1. The highest BCUT2D eigenvalue weighted by molar-refractivity contribution is 7.09. The molecule has 0 aliphatic rings. The van der Waals surface area contributed by atoms with Gasteiger partial charge >= 0.3 is 0 Å². The van der Waals surface area contributed by atoms with Crippen molar-refractivity contribution in [3.8, 4) is 0 Å². The average molecular weight is 247 g/mol. The fourth-order valence-electron chi connectivity index (χ4n) is 1.48. The Balaban J connectivity index is 2.42. The summed E-state index contributed by atoms with van der Waals surface area (Å²) in [7, 11) is 0. The van der Waals surface area contributed by atoms with Gasteiger partial charge in [0.2, 0.25) is 0 Å². The van der Waals surface area contributed by atoms with Crippen molar-refractivity contribution in [3.05, 3.63) is 16.1 Å². The first kappa shape index (κ1) is 12.9. The summed E-state index contributed by atoms with van der Waals surface area (Å²) in [6, 6.07) is 0. The summed E-state index contributed by atoms with van der Waals surface area (Å²) in [6.45, 7) is 7.28. The van der Waals surface area contributed by atoms with E-state index in [1.54, 1.807) is 11.3 Å². The molecule has 0 fully saturated rings. The Kier molecular flexibility index (Phi) is 6.22. The molecule has 0 amide bonds. The first-order valence-electron chi connectivity index (χ1n) is 5.45. The summed E-state index contributed by atoms with van der Waals surface area (Å²) in [6.07, 6.45) is 2.47. The van der Waals surface area contributed by atoms with Crippen molar-refractivity contribution in [1.29, 1.82) is 0 Å². The van der Waals surface area contributed by atoms with E-state index in [9.17, 15) is 0 Å². The quantitative estimate of drug-likeness (QED) is 0.687. The second kappa shape index (κ2) is 7.20. The molecule has 15 heavy (non-hydrogen) atoms. The van der Waals surface area contributed by atoms with E-state index in [2.05, 4.69) is 22.2 Å². The van der Waals surface area contributed by atoms with Crippen molar-refractivity contribution in [2.75, 3.05) is 19.0 Å². The zero-order valence-electron chi connectivity index (χ0n) is 9.50. The van der Waals surface area contributed by atoms with Gasteiger partial charge in [-0.25, -0.2) is 4.98 Å². The fraction of sp³-hybridized carbons (Fsp3) is 0.727. The van der Waals surface area contributed by atoms with Gasteiger partial charge in [0.25, 0.3) is 0 Å². The van der Waals surface area contributed by atoms with Crippen LogP contribution >= 0.6 is 22.9 Å². The van der Waals surface area contributed by atoms with Gasteiger partial charge in [0, 0.05) is 24.3 Å². The lowest BCUT2D eigenvalue weighted by Crippen LogP contribution is -2.26. The molecule has 0 radical (unpaired) electrons. The zero-order valence-corrected chi connectivity index (χ0v) is 11.1.